The third-order valence-corrected chi connectivity index (χ3v) is 3.30. The molecule has 0 saturated heterocycles. The van der Waals surface area contributed by atoms with Crippen molar-refractivity contribution in [2.75, 3.05) is 13.2 Å². The van der Waals surface area contributed by atoms with Crippen molar-refractivity contribution in [1.29, 1.82) is 0 Å². The van der Waals surface area contributed by atoms with Crippen LogP contribution in [0.1, 0.15) is 39.0 Å². The van der Waals surface area contributed by atoms with Crippen LogP contribution in [0.5, 0.6) is 0 Å². The van der Waals surface area contributed by atoms with Gasteiger partial charge in [-0.1, -0.05) is 0 Å². The monoisotopic (exact) mass is 195 g/mol. The molecule has 0 radical (unpaired) electrons. The van der Waals surface area contributed by atoms with Gasteiger partial charge in [0.1, 0.15) is 5.41 Å². The fourth-order valence-electron chi connectivity index (χ4n) is 2.63. The molecule has 1 unspecified atom stereocenters. The summed E-state index contributed by atoms with van der Waals surface area (Å²) in [5, 5.41) is 0. The van der Waals surface area contributed by atoms with Crippen molar-refractivity contribution in [3.05, 3.63) is 0 Å². The van der Waals surface area contributed by atoms with Crippen molar-refractivity contribution in [1.82, 2.24) is 0 Å². The van der Waals surface area contributed by atoms with Gasteiger partial charge < -0.3 is 4.74 Å². The van der Waals surface area contributed by atoms with Crippen molar-refractivity contribution in [3.8, 4) is 0 Å². The molecule has 0 aromatic carbocycles. The number of aliphatic imine (C=N–C) groups is 1. The van der Waals surface area contributed by atoms with Crippen LogP contribution in [0.15, 0.2) is 4.99 Å². The molecule has 3 heteroatoms. The highest BCUT2D eigenvalue weighted by Crippen LogP contribution is 2.43. The van der Waals surface area contributed by atoms with Crippen LogP contribution in [-0.2, 0) is 9.53 Å². The third-order valence-electron chi connectivity index (χ3n) is 3.30. The normalized spacial score (nSPS) is 30.8. The number of esters is 1. The number of ether oxygens (including phenoxy) is 1. The minimum atomic E-state index is -0.311. The first-order chi connectivity index (χ1) is 6.79. The highest BCUT2D eigenvalue weighted by atomic mass is 16.5. The fraction of sp³-hybridized carbons (Fsp3) is 0.818. The van der Waals surface area contributed by atoms with Crippen molar-refractivity contribution in [2.45, 2.75) is 39.0 Å². The van der Waals surface area contributed by atoms with E-state index in [2.05, 4.69) is 4.99 Å². The second-order valence-corrected chi connectivity index (χ2v) is 4.09. The highest BCUT2D eigenvalue weighted by Gasteiger charge is 2.48. The summed E-state index contributed by atoms with van der Waals surface area (Å²) in [6, 6.07) is 0. The molecule has 1 atom stereocenters. The average molecular weight is 195 g/mol. The summed E-state index contributed by atoms with van der Waals surface area (Å²) in [5.41, 5.74) is 0.802. The van der Waals surface area contributed by atoms with E-state index in [1.54, 1.807) is 0 Å². The van der Waals surface area contributed by atoms with E-state index in [4.69, 9.17) is 4.74 Å². The summed E-state index contributed by atoms with van der Waals surface area (Å²) < 4.78 is 5.17. The lowest BCUT2D eigenvalue weighted by atomic mass is 9.78. The predicted octanol–water partition coefficient (Wildman–Crippen LogP) is 1.95. The summed E-state index contributed by atoms with van der Waals surface area (Å²) in [6.45, 7) is 3.24. The van der Waals surface area contributed by atoms with Crippen molar-refractivity contribution < 1.29 is 9.53 Å². The average Bonchev–Trinajstić information content (AvgIpc) is 2.62. The van der Waals surface area contributed by atoms with E-state index in [1.807, 2.05) is 6.92 Å². The van der Waals surface area contributed by atoms with E-state index >= 15 is 0 Å². The zero-order chi connectivity index (χ0) is 10.0. The molecule has 0 spiro atoms. The van der Waals surface area contributed by atoms with E-state index < -0.39 is 0 Å². The second kappa shape index (κ2) is 3.71. The Morgan fingerprint density at radius 2 is 2.29 bits per heavy atom. The van der Waals surface area contributed by atoms with Gasteiger partial charge in [0.25, 0.3) is 0 Å². The zero-order valence-electron chi connectivity index (χ0n) is 8.71. The summed E-state index contributed by atoms with van der Waals surface area (Å²) in [7, 11) is 0. The van der Waals surface area contributed by atoms with E-state index in [0.29, 0.717) is 6.61 Å². The van der Waals surface area contributed by atoms with Crippen LogP contribution in [0.2, 0.25) is 0 Å². The van der Waals surface area contributed by atoms with Gasteiger partial charge in [0, 0.05) is 12.3 Å². The molecule has 1 heterocycles. The zero-order valence-corrected chi connectivity index (χ0v) is 8.71. The summed E-state index contributed by atoms with van der Waals surface area (Å²) in [4.78, 5) is 16.4. The van der Waals surface area contributed by atoms with Gasteiger partial charge in [0.15, 0.2) is 0 Å². The Morgan fingerprint density at radius 3 is 3.07 bits per heavy atom. The van der Waals surface area contributed by atoms with E-state index in [1.165, 1.54) is 0 Å². The second-order valence-electron chi connectivity index (χ2n) is 4.09. The molecule has 0 bridgehead atoms. The first-order valence-electron chi connectivity index (χ1n) is 5.50. The SMILES string of the molecule is CCOC(=O)C12CCCN=C1CCC2. The summed E-state index contributed by atoms with van der Waals surface area (Å²) >= 11 is 0. The van der Waals surface area contributed by atoms with Crippen molar-refractivity contribution in [3.63, 3.8) is 0 Å². The lowest BCUT2D eigenvalue weighted by Gasteiger charge is -2.30. The van der Waals surface area contributed by atoms with Crippen LogP contribution in [0.3, 0.4) is 0 Å². The maximum absolute atomic E-state index is 11.9. The number of carbonyl (C=O) groups excluding carboxylic acids is 1. The number of fused-ring (bicyclic) bond motifs is 1. The Bertz CT molecular complexity index is 272. The Kier molecular flexibility index (Phi) is 2.57. The highest BCUT2D eigenvalue weighted by molar-refractivity contribution is 6.08. The first-order valence-corrected chi connectivity index (χ1v) is 5.50. The van der Waals surface area contributed by atoms with Gasteiger partial charge in [0.2, 0.25) is 0 Å². The lowest BCUT2D eigenvalue weighted by Crippen LogP contribution is -2.39. The van der Waals surface area contributed by atoms with Crippen LogP contribution in [0.25, 0.3) is 0 Å². The predicted molar refractivity (Wildman–Crippen MR) is 54.5 cm³/mol. The molecule has 14 heavy (non-hydrogen) atoms. The molecular weight excluding hydrogens is 178 g/mol. The molecule has 0 amide bonds. The van der Waals surface area contributed by atoms with Gasteiger partial charge in [-0.2, -0.15) is 0 Å². The van der Waals surface area contributed by atoms with Gasteiger partial charge in [-0.15, -0.1) is 0 Å². The Hall–Kier alpha value is -0.860. The summed E-state index contributed by atoms with van der Waals surface area (Å²) in [5.74, 6) is -0.0315. The van der Waals surface area contributed by atoms with E-state index in [0.717, 1.165) is 44.4 Å². The first kappa shape index (κ1) is 9.69. The minimum Gasteiger partial charge on any atom is -0.465 e. The molecule has 0 N–H and O–H groups in total. The number of carbonyl (C=O) groups is 1. The van der Waals surface area contributed by atoms with Gasteiger partial charge in [0.05, 0.1) is 6.61 Å². The molecule has 1 aliphatic heterocycles. The number of rotatable bonds is 2. The molecule has 1 saturated carbocycles. The molecule has 1 fully saturated rings. The molecule has 2 rings (SSSR count). The Labute approximate surface area is 84.5 Å². The maximum atomic E-state index is 11.9. The number of nitrogens with zero attached hydrogens (tertiary/aromatic N) is 1. The topological polar surface area (TPSA) is 38.7 Å². The Balaban J connectivity index is 2.23. The third kappa shape index (κ3) is 1.35. The van der Waals surface area contributed by atoms with Crippen molar-refractivity contribution in [2.24, 2.45) is 10.4 Å². The Morgan fingerprint density at radius 1 is 1.50 bits per heavy atom. The van der Waals surface area contributed by atoms with Crippen LogP contribution < -0.4 is 0 Å². The molecule has 0 aromatic rings. The van der Waals surface area contributed by atoms with Gasteiger partial charge in [-0.3, -0.25) is 9.79 Å². The van der Waals surface area contributed by atoms with Gasteiger partial charge in [-0.25, -0.2) is 0 Å². The number of hydrogen-bond donors (Lipinski definition) is 0. The molecule has 2 aliphatic rings. The fourth-order valence-corrected chi connectivity index (χ4v) is 2.63. The van der Waals surface area contributed by atoms with Crippen molar-refractivity contribution >= 4 is 11.7 Å². The van der Waals surface area contributed by atoms with Crippen LogP contribution in [0.4, 0.5) is 0 Å². The lowest BCUT2D eigenvalue weighted by molar-refractivity contribution is -0.151. The van der Waals surface area contributed by atoms with Gasteiger partial charge in [-0.05, 0) is 39.0 Å². The minimum absolute atomic E-state index is 0.0315. The molecular formula is C11H17NO2. The van der Waals surface area contributed by atoms with Crippen LogP contribution >= 0.6 is 0 Å². The molecule has 78 valence electrons. The standard InChI is InChI=1S/C11H17NO2/c1-2-14-10(13)11-6-3-5-9(11)12-8-4-7-11/h2-8H2,1H3. The number of hydrogen-bond acceptors (Lipinski definition) is 3. The molecule has 3 nitrogen and oxygen atoms in total. The maximum Gasteiger partial charge on any atom is 0.317 e. The molecule has 0 aromatic heterocycles. The van der Waals surface area contributed by atoms with Gasteiger partial charge >= 0.3 is 5.97 Å². The quantitative estimate of drug-likeness (QED) is 0.632. The smallest absolute Gasteiger partial charge is 0.317 e. The van der Waals surface area contributed by atoms with Crippen LogP contribution in [-0.4, -0.2) is 24.8 Å². The molecule has 1 aliphatic carbocycles. The van der Waals surface area contributed by atoms with Crippen LogP contribution in [0, 0.1) is 5.41 Å². The van der Waals surface area contributed by atoms with E-state index in [9.17, 15) is 4.79 Å². The van der Waals surface area contributed by atoms with E-state index in [-0.39, 0.29) is 11.4 Å². The largest absolute Gasteiger partial charge is 0.465 e. The summed E-state index contributed by atoms with van der Waals surface area (Å²) in [6.07, 6.45) is 5.02.